The number of rotatable bonds is 10. The second-order valence-electron chi connectivity index (χ2n) is 5.93. The maximum Gasteiger partial charge on any atom is 0.257 e. The Hall–Kier alpha value is -2.28. The van der Waals surface area contributed by atoms with Crippen LogP contribution >= 0.6 is 11.6 Å². The Morgan fingerprint density at radius 2 is 1.93 bits per heavy atom. The molecule has 0 radical (unpaired) electrons. The molecule has 27 heavy (non-hydrogen) atoms. The molecule has 0 spiro atoms. The monoisotopic (exact) mass is 392 g/mol. The van der Waals surface area contributed by atoms with Gasteiger partial charge in [-0.1, -0.05) is 29.8 Å². The molecule has 1 atom stereocenters. The first-order valence-electron chi connectivity index (χ1n) is 8.74. The zero-order valence-electron chi connectivity index (χ0n) is 15.5. The SMILES string of the molecule is CCNC(=O)COc1ccc(CNCC(O)c2ccc(Cl)cc2)cc1OC. The Balaban J connectivity index is 1.87. The fraction of sp³-hybridized carbons (Fsp3) is 0.350. The highest BCUT2D eigenvalue weighted by Gasteiger charge is 2.10. The molecule has 0 aliphatic carbocycles. The van der Waals surface area contributed by atoms with Crippen LogP contribution in [0, 0.1) is 0 Å². The number of likely N-dealkylation sites (N-methyl/N-ethyl adjacent to an activating group) is 1. The van der Waals surface area contributed by atoms with Crippen LogP contribution < -0.4 is 20.1 Å². The molecule has 1 amide bonds. The number of amides is 1. The van der Waals surface area contributed by atoms with Gasteiger partial charge < -0.3 is 25.2 Å². The van der Waals surface area contributed by atoms with Gasteiger partial charge in [-0.3, -0.25) is 4.79 Å². The van der Waals surface area contributed by atoms with Gasteiger partial charge in [0.25, 0.3) is 5.91 Å². The van der Waals surface area contributed by atoms with Crippen molar-refractivity contribution in [2.24, 2.45) is 0 Å². The van der Waals surface area contributed by atoms with Crippen molar-refractivity contribution in [3.05, 3.63) is 58.6 Å². The smallest absolute Gasteiger partial charge is 0.257 e. The van der Waals surface area contributed by atoms with Crippen LogP contribution in [0.2, 0.25) is 5.02 Å². The minimum absolute atomic E-state index is 0.0604. The third kappa shape index (κ3) is 6.75. The van der Waals surface area contributed by atoms with Gasteiger partial charge in [-0.05, 0) is 42.3 Å². The third-order valence-corrected chi connectivity index (χ3v) is 4.13. The van der Waals surface area contributed by atoms with Gasteiger partial charge in [-0.15, -0.1) is 0 Å². The molecular weight excluding hydrogens is 368 g/mol. The predicted octanol–water partition coefficient (Wildman–Crippen LogP) is 2.69. The summed E-state index contributed by atoms with van der Waals surface area (Å²) < 4.78 is 10.8. The maximum absolute atomic E-state index is 11.5. The summed E-state index contributed by atoms with van der Waals surface area (Å²) in [6, 6.07) is 12.6. The highest BCUT2D eigenvalue weighted by molar-refractivity contribution is 6.30. The molecule has 0 bridgehead atoms. The molecular formula is C20H25ClN2O4. The fourth-order valence-corrected chi connectivity index (χ4v) is 2.61. The van der Waals surface area contributed by atoms with Gasteiger partial charge >= 0.3 is 0 Å². The Morgan fingerprint density at radius 1 is 1.19 bits per heavy atom. The molecule has 0 saturated heterocycles. The second-order valence-corrected chi connectivity index (χ2v) is 6.36. The van der Waals surface area contributed by atoms with Gasteiger partial charge in [0.15, 0.2) is 18.1 Å². The summed E-state index contributed by atoms with van der Waals surface area (Å²) in [5, 5.41) is 16.7. The molecule has 3 N–H and O–H groups in total. The predicted molar refractivity (Wildman–Crippen MR) is 105 cm³/mol. The summed E-state index contributed by atoms with van der Waals surface area (Å²) in [4.78, 5) is 11.5. The number of halogens is 1. The molecule has 7 heteroatoms. The van der Waals surface area contributed by atoms with E-state index in [-0.39, 0.29) is 12.5 Å². The van der Waals surface area contributed by atoms with Crippen LogP contribution in [-0.4, -0.2) is 37.8 Å². The number of hydrogen-bond acceptors (Lipinski definition) is 5. The van der Waals surface area contributed by atoms with Crippen molar-refractivity contribution < 1.29 is 19.4 Å². The summed E-state index contributed by atoms with van der Waals surface area (Å²) in [6.07, 6.45) is -0.621. The average molecular weight is 393 g/mol. The molecule has 0 aliphatic heterocycles. The van der Waals surface area contributed by atoms with Gasteiger partial charge in [0, 0.05) is 24.7 Å². The minimum atomic E-state index is -0.621. The lowest BCUT2D eigenvalue weighted by Gasteiger charge is -2.14. The van der Waals surface area contributed by atoms with Crippen molar-refractivity contribution in [3.63, 3.8) is 0 Å². The quantitative estimate of drug-likeness (QED) is 0.579. The third-order valence-electron chi connectivity index (χ3n) is 3.88. The number of ether oxygens (including phenoxy) is 2. The van der Waals surface area contributed by atoms with Gasteiger partial charge in [0.1, 0.15) is 0 Å². The Kier molecular flexibility index (Phi) is 8.39. The number of hydrogen-bond donors (Lipinski definition) is 3. The van der Waals surface area contributed by atoms with E-state index in [4.69, 9.17) is 21.1 Å². The normalized spacial score (nSPS) is 11.7. The standard InChI is InChI=1S/C20H25ClN2O4/c1-3-23-20(25)13-27-18-9-4-14(10-19(18)26-2)11-22-12-17(24)15-5-7-16(21)8-6-15/h4-10,17,22,24H,3,11-13H2,1-2H3,(H,23,25). The first-order chi connectivity index (χ1) is 13.0. The van der Waals surface area contributed by atoms with Crippen molar-refractivity contribution in [3.8, 4) is 11.5 Å². The van der Waals surface area contributed by atoms with Crippen LogP contribution in [0.5, 0.6) is 11.5 Å². The Morgan fingerprint density at radius 3 is 2.59 bits per heavy atom. The van der Waals surface area contributed by atoms with Crippen LogP contribution in [0.3, 0.4) is 0 Å². The fourth-order valence-electron chi connectivity index (χ4n) is 2.49. The Bertz CT molecular complexity index is 737. The molecule has 0 aromatic heterocycles. The highest BCUT2D eigenvalue weighted by atomic mass is 35.5. The van der Waals surface area contributed by atoms with Crippen molar-refractivity contribution in [2.45, 2.75) is 19.6 Å². The van der Waals surface area contributed by atoms with E-state index in [9.17, 15) is 9.90 Å². The summed E-state index contributed by atoms with van der Waals surface area (Å²) in [6.45, 7) is 3.31. The van der Waals surface area contributed by atoms with Crippen LogP contribution in [0.4, 0.5) is 0 Å². The first-order valence-corrected chi connectivity index (χ1v) is 9.12. The lowest BCUT2D eigenvalue weighted by Crippen LogP contribution is -2.28. The first kappa shape index (κ1) is 21.0. The number of methoxy groups -OCH3 is 1. The molecule has 6 nitrogen and oxygen atoms in total. The molecule has 0 saturated carbocycles. The van der Waals surface area contributed by atoms with Gasteiger partial charge in [0.05, 0.1) is 13.2 Å². The molecule has 0 fully saturated rings. The van der Waals surface area contributed by atoms with Crippen molar-refractivity contribution in [1.82, 2.24) is 10.6 Å². The zero-order chi connectivity index (χ0) is 19.6. The van der Waals surface area contributed by atoms with E-state index in [1.165, 1.54) is 0 Å². The topological polar surface area (TPSA) is 79.8 Å². The molecule has 0 heterocycles. The number of benzene rings is 2. The second kappa shape index (κ2) is 10.8. The highest BCUT2D eigenvalue weighted by Crippen LogP contribution is 2.28. The lowest BCUT2D eigenvalue weighted by atomic mass is 10.1. The van der Waals surface area contributed by atoms with E-state index in [0.29, 0.717) is 36.2 Å². The summed E-state index contributed by atoms with van der Waals surface area (Å²) in [7, 11) is 1.55. The van der Waals surface area contributed by atoms with E-state index < -0.39 is 6.10 Å². The molecule has 2 aromatic rings. The van der Waals surface area contributed by atoms with Crippen molar-refractivity contribution in [2.75, 3.05) is 26.8 Å². The van der Waals surface area contributed by atoms with Gasteiger partial charge in [0.2, 0.25) is 0 Å². The molecule has 2 rings (SSSR count). The Labute approximate surface area is 164 Å². The maximum atomic E-state index is 11.5. The number of aliphatic hydroxyl groups excluding tert-OH is 1. The number of nitrogens with one attached hydrogen (secondary N) is 2. The summed E-state index contributed by atoms with van der Waals surface area (Å²) >= 11 is 5.86. The van der Waals surface area contributed by atoms with Crippen LogP contribution in [0.15, 0.2) is 42.5 Å². The average Bonchev–Trinajstić information content (AvgIpc) is 2.67. The van der Waals surface area contributed by atoms with Crippen LogP contribution in [0.1, 0.15) is 24.2 Å². The lowest BCUT2D eigenvalue weighted by molar-refractivity contribution is -0.123. The molecule has 1 unspecified atom stereocenters. The van der Waals surface area contributed by atoms with E-state index >= 15 is 0 Å². The van der Waals surface area contributed by atoms with E-state index in [1.54, 1.807) is 37.4 Å². The van der Waals surface area contributed by atoms with Gasteiger partial charge in [-0.2, -0.15) is 0 Å². The largest absolute Gasteiger partial charge is 0.493 e. The number of carbonyl (C=O) groups excluding carboxylic acids is 1. The van der Waals surface area contributed by atoms with E-state index in [0.717, 1.165) is 11.1 Å². The summed E-state index contributed by atoms with van der Waals surface area (Å²) in [5.41, 5.74) is 1.78. The minimum Gasteiger partial charge on any atom is -0.493 e. The van der Waals surface area contributed by atoms with Crippen LogP contribution in [0.25, 0.3) is 0 Å². The van der Waals surface area contributed by atoms with E-state index in [2.05, 4.69) is 10.6 Å². The number of aliphatic hydroxyl groups is 1. The zero-order valence-corrected chi connectivity index (χ0v) is 16.3. The van der Waals surface area contributed by atoms with Gasteiger partial charge in [-0.25, -0.2) is 0 Å². The number of carbonyl (C=O) groups is 1. The molecule has 146 valence electrons. The van der Waals surface area contributed by atoms with Crippen molar-refractivity contribution >= 4 is 17.5 Å². The molecule has 0 aliphatic rings. The van der Waals surface area contributed by atoms with Crippen molar-refractivity contribution in [1.29, 1.82) is 0 Å². The van der Waals surface area contributed by atoms with Crippen LogP contribution in [-0.2, 0) is 11.3 Å². The summed E-state index contributed by atoms with van der Waals surface area (Å²) in [5.74, 6) is 0.882. The molecule has 2 aromatic carbocycles. The van der Waals surface area contributed by atoms with E-state index in [1.807, 2.05) is 19.1 Å².